The smallest absolute Gasteiger partial charge is 0.220 e. The highest BCUT2D eigenvalue weighted by atomic mass is 16.1. The predicted octanol–water partition coefficient (Wildman–Crippen LogP) is 1.60. The molecule has 106 valence electrons. The first kappa shape index (κ1) is 14.1. The summed E-state index contributed by atoms with van der Waals surface area (Å²) in [5, 5.41) is 6.94. The number of nitrogens with zero attached hydrogens (tertiary/aromatic N) is 2. The number of carbonyl (C=O) groups excluding carboxylic acids is 1. The van der Waals surface area contributed by atoms with Gasteiger partial charge >= 0.3 is 0 Å². The predicted molar refractivity (Wildman–Crippen MR) is 79.0 cm³/mol. The van der Waals surface area contributed by atoms with Crippen LogP contribution in [0.25, 0.3) is 0 Å². The maximum Gasteiger partial charge on any atom is 0.220 e. The van der Waals surface area contributed by atoms with Gasteiger partial charge in [-0.05, 0) is 18.4 Å². The molecule has 0 aliphatic carbocycles. The first-order valence-electron chi connectivity index (χ1n) is 6.82. The number of benzene rings is 1. The standard InChI is InChI=1S/C15H20N4O/c16-14-11-18-19(12-14)10-9-17-15(20)8-4-7-13-5-2-1-3-6-13/h1-3,5-6,11-12H,4,7-10,16H2,(H,17,20). The van der Waals surface area contributed by atoms with E-state index in [9.17, 15) is 4.79 Å². The zero-order valence-corrected chi connectivity index (χ0v) is 11.5. The van der Waals surface area contributed by atoms with Crippen LogP contribution in [-0.4, -0.2) is 22.2 Å². The number of aromatic nitrogens is 2. The maximum atomic E-state index is 11.7. The minimum Gasteiger partial charge on any atom is -0.396 e. The summed E-state index contributed by atoms with van der Waals surface area (Å²) in [5.74, 6) is 0.0843. The van der Waals surface area contributed by atoms with Crippen LogP contribution in [0.2, 0.25) is 0 Å². The molecule has 1 aromatic heterocycles. The molecular formula is C15H20N4O. The molecule has 3 N–H and O–H groups in total. The van der Waals surface area contributed by atoms with Gasteiger partial charge in [-0.25, -0.2) is 0 Å². The topological polar surface area (TPSA) is 72.9 Å². The molecule has 0 spiro atoms. The van der Waals surface area contributed by atoms with Crippen LogP contribution >= 0.6 is 0 Å². The molecule has 2 aromatic rings. The van der Waals surface area contributed by atoms with Gasteiger partial charge in [0, 0.05) is 19.2 Å². The zero-order valence-electron chi connectivity index (χ0n) is 11.5. The van der Waals surface area contributed by atoms with Crippen LogP contribution in [0.5, 0.6) is 0 Å². The first-order chi connectivity index (χ1) is 9.74. The summed E-state index contributed by atoms with van der Waals surface area (Å²) in [6.45, 7) is 1.22. The molecule has 0 radical (unpaired) electrons. The summed E-state index contributed by atoms with van der Waals surface area (Å²) in [7, 11) is 0. The third-order valence-electron chi connectivity index (χ3n) is 3.03. The Bertz CT molecular complexity index is 536. The Morgan fingerprint density at radius 2 is 2.10 bits per heavy atom. The molecule has 0 saturated heterocycles. The Kier molecular flexibility index (Phi) is 5.17. The van der Waals surface area contributed by atoms with Gasteiger partial charge in [-0.15, -0.1) is 0 Å². The highest BCUT2D eigenvalue weighted by molar-refractivity contribution is 5.75. The van der Waals surface area contributed by atoms with E-state index < -0.39 is 0 Å². The minimum atomic E-state index is 0.0843. The molecule has 0 atom stereocenters. The summed E-state index contributed by atoms with van der Waals surface area (Å²) in [6, 6.07) is 10.2. The molecule has 5 heteroatoms. The van der Waals surface area contributed by atoms with Crippen molar-refractivity contribution in [1.29, 1.82) is 0 Å². The van der Waals surface area contributed by atoms with E-state index in [1.807, 2.05) is 18.2 Å². The molecule has 0 saturated carbocycles. The van der Waals surface area contributed by atoms with Crippen molar-refractivity contribution >= 4 is 11.6 Å². The second kappa shape index (κ2) is 7.33. The Morgan fingerprint density at radius 3 is 2.80 bits per heavy atom. The number of amides is 1. The van der Waals surface area contributed by atoms with Gasteiger partial charge in [0.05, 0.1) is 18.4 Å². The lowest BCUT2D eigenvalue weighted by atomic mass is 10.1. The SMILES string of the molecule is Nc1cnn(CCNC(=O)CCCc2ccccc2)c1. The molecule has 1 amide bonds. The average molecular weight is 272 g/mol. The molecule has 0 fully saturated rings. The fourth-order valence-corrected chi connectivity index (χ4v) is 2.00. The van der Waals surface area contributed by atoms with E-state index in [0.717, 1.165) is 12.8 Å². The van der Waals surface area contributed by atoms with Crippen molar-refractivity contribution in [3.63, 3.8) is 0 Å². The van der Waals surface area contributed by atoms with Crippen molar-refractivity contribution in [2.24, 2.45) is 0 Å². The second-order valence-corrected chi connectivity index (χ2v) is 4.73. The van der Waals surface area contributed by atoms with E-state index in [4.69, 9.17) is 5.73 Å². The lowest BCUT2D eigenvalue weighted by Crippen LogP contribution is -2.27. The summed E-state index contributed by atoms with van der Waals surface area (Å²) in [5.41, 5.74) is 7.47. The number of nitrogen functional groups attached to an aromatic ring is 1. The fourth-order valence-electron chi connectivity index (χ4n) is 2.00. The molecule has 5 nitrogen and oxygen atoms in total. The monoisotopic (exact) mass is 272 g/mol. The Balaban J connectivity index is 1.59. The van der Waals surface area contributed by atoms with Crippen LogP contribution < -0.4 is 11.1 Å². The van der Waals surface area contributed by atoms with E-state index in [1.54, 1.807) is 17.1 Å². The van der Waals surface area contributed by atoms with Gasteiger partial charge in [-0.2, -0.15) is 5.10 Å². The quantitative estimate of drug-likeness (QED) is 0.804. The van der Waals surface area contributed by atoms with Crippen LogP contribution in [0.1, 0.15) is 18.4 Å². The molecule has 0 unspecified atom stereocenters. The van der Waals surface area contributed by atoms with Crippen molar-refractivity contribution in [2.45, 2.75) is 25.8 Å². The van der Waals surface area contributed by atoms with Gasteiger partial charge in [0.15, 0.2) is 0 Å². The maximum absolute atomic E-state index is 11.7. The number of carbonyl (C=O) groups is 1. The number of hydrogen-bond donors (Lipinski definition) is 2. The fraction of sp³-hybridized carbons (Fsp3) is 0.333. The zero-order chi connectivity index (χ0) is 14.2. The highest BCUT2D eigenvalue weighted by Crippen LogP contribution is 2.04. The molecule has 2 rings (SSSR count). The molecule has 0 aliphatic rings. The van der Waals surface area contributed by atoms with E-state index in [2.05, 4.69) is 22.5 Å². The lowest BCUT2D eigenvalue weighted by Gasteiger charge is -2.05. The largest absolute Gasteiger partial charge is 0.396 e. The number of nitrogens with one attached hydrogen (secondary N) is 1. The van der Waals surface area contributed by atoms with Gasteiger partial charge in [0.2, 0.25) is 5.91 Å². The van der Waals surface area contributed by atoms with Crippen LogP contribution in [0.15, 0.2) is 42.7 Å². The third-order valence-corrected chi connectivity index (χ3v) is 3.03. The lowest BCUT2D eigenvalue weighted by molar-refractivity contribution is -0.121. The number of rotatable bonds is 7. The van der Waals surface area contributed by atoms with Crippen molar-refractivity contribution < 1.29 is 4.79 Å². The van der Waals surface area contributed by atoms with E-state index in [1.165, 1.54) is 5.56 Å². The number of nitrogens with two attached hydrogens (primary N) is 1. The van der Waals surface area contributed by atoms with Gasteiger partial charge in [-0.1, -0.05) is 30.3 Å². The van der Waals surface area contributed by atoms with E-state index >= 15 is 0 Å². The second-order valence-electron chi connectivity index (χ2n) is 4.73. The molecule has 0 aliphatic heterocycles. The molecule has 1 heterocycles. The van der Waals surface area contributed by atoms with Crippen molar-refractivity contribution in [2.75, 3.05) is 12.3 Å². The Morgan fingerprint density at radius 1 is 1.30 bits per heavy atom. The Labute approximate surface area is 118 Å². The van der Waals surface area contributed by atoms with E-state index in [-0.39, 0.29) is 5.91 Å². The van der Waals surface area contributed by atoms with Gasteiger partial charge < -0.3 is 11.1 Å². The molecule has 1 aromatic carbocycles. The van der Waals surface area contributed by atoms with Crippen LogP contribution in [0.4, 0.5) is 5.69 Å². The normalized spacial score (nSPS) is 10.4. The van der Waals surface area contributed by atoms with Crippen LogP contribution in [-0.2, 0) is 17.8 Å². The summed E-state index contributed by atoms with van der Waals surface area (Å²) in [4.78, 5) is 11.7. The van der Waals surface area contributed by atoms with Gasteiger partial charge in [0.25, 0.3) is 0 Å². The van der Waals surface area contributed by atoms with Gasteiger partial charge in [0.1, 0.15) is 0 Å². The number of hydrogen-bond acceptors (Lipinski definition) is 3. The van der Waals surface area contributed by atoms with Crippen LogP contribution in [0, 0.1) is 0 Å². The molecule has 0 bridgehead atoms. The van der Waals surface area contributed by atoms with Crippen molar-refractivity contribution in [3.8, 4) is 0 Å². The Hall–Kier alpha value is -2.30. The number of aryl methyl sites for hydroxylation is 1. The van der Waals surface area contributed by atoms with Crippen molar-refractivity contribution in [3.05, 3.63) is 48.3 Å². The van der Waals surface area contributed by atoms with Crippen LogP contribution in [0.3, 0.4) is 0 Å². The minimum absolute atomic E-state index is 0.0843. The first-order valence-corrected chi connectivity index (χ1v) is 6.82. The highest BCUT2D eigenvalue weighted by Gasteiger charge is 2.01. The molecular weight excluding hydrogens is 252 g/mol. The van der Waals surface area contributed by atoms with Crippen molar-refractivity contribution in [1.82, 2.24) is 15.1 Å². The summed E-state index contributed by atoms with van der Waals surface area (Å²) < 4.78 is 1.72. The van der Waals surface area contributed by atoms with Gasteiger partial charge in [-0.3, -0.25) is 9.48 Å². The average Bonchev–Trinajstić information content (AvgIpc) is 2.86. The van der Waals surface area contributed by atoms with E-state index in [0.29, 0.717) is 25.2 Å². The number of anilines is 1. The summed E-state index contributed by atoms with van der Waals surface area (Å²) >= 11 is 0. The summed E-state index contributed by atoms with van der Waals surface area (Å²) in [6.07, 6.45) is 5.70. The third kappa shape index (κ3) is 4.76. The molecule has 20 heavy (non-hydrogen) atoms.